The maximum absolute atomic E-state index is 12.5. The van der Waals surface area contributed by atoms with Crippen LogP contribution < -0.4 is 5.32 Å². The molecule has 2 fully saturated rings. The molecule has 0 radical (unpaired) electrons. The predicted molar refractivity (Wildman–Crippen MR) is 86.3 cm³/mol. The van der Waals surface area contributed by atoms with Gasteiger partial charge in [-0.15, -0.1) is 0 Å². The Morgan fingerprint density at radius 1 is 1.33 bits per heavy atom. The molecular formula is C16H30N4O. The summed E-state index contributed by atoms with van der Waals surface area (Å²) >= 11 is 0. The molecule has 2 aliphatic rings. The molecule has 1 amide bonds. The van der Waals surface area contributed by atoms with E-state index < -0.39 is 0 Å². The molecular weight excluding hydrogens is 264 g/mol. The van der Waals surface area contributed by atoms with Gasteiger partial charge in [-0.05, 0) is 46.0 Å². The van der Waals surface area contributed by atoms with Crippen molar-refractivity contribution in [3.63, 3.8) is 0 Å². The molecule has 0 spiro atoms. The Morgan fingerprint density at radius 3 is 2.38 bits per heavy atom. The summed E-state index contributed by atoms with van der Waals surface area (Å²) in [5.74, 6) is 1.04. The van der Waals surface area contributed by atoms with E-state index >= 15 is 0 Å². The van der Waals surface area contributed by atoms with Crippen molar-refractivity contribution in [2.75, 3.05) is 26.7 Å². The van der Waals surface area contributed by atoms with E-state index in [0.29, 0.717) is 12.0 Å². The van der Waals surface area contributed by atoms with Crippen LogP contribution in [0.1, 0.15) is 47.5 Å². The maximum atomic E-state index is 12.5. The highest BCUT2D eigenvalue weighted by Crippen LogP contribution is 2.44. The lowest BCUT2D eigenvalue weighted by atomic mass is 9.96. The van der Waals surface area contributed by atoms with E-state index in [-0.39, 0.29) is 17.5 Å². The first-order valence-electron chi connectivity index (χ1n) is 7.96. The number of amides is 1. The molecule has 5 heteroatoms. The van der Waals surface area contributed by atoms with Gasteiger partial charge in [-0.1, -0.05) is 6.92 Å². The highest BCUT2D eigenvalue weighted by molar-refractivity contribution is 5.88. The highest BCUT2D eigenvalue weighted by Gasteiger charge is 2.42. The fraction of sp³-hybridized carbons (Fsp3) is 0.875. The topological polar surface area (TPSA) is 47.9 Å². The number of carbonyl (C=O) groups excluding carboxylic acids is 1. The summed E-state index contributed by atoms with van der Waals surface area (Å²) in [6, 6.07) is 0.231. The molecule has 1 aliphatic carbocycles. The number of guanidine groups is 1. The van der Waals surface area contributed by atoms with Crippen LogP contribution in [0.3, 0.4) is 0 Å². The molecule has 2 rings (SSSR count). The lowest BCUT2D eigenvalue weighted by Gasteiger charge is -2.49. The van der Waals surface area contributed by atoms with Crippen LogP contribution in [0, 0.1) is 5.41 Å². The van der Waals surface area contributed by atoms with Crippen molar-refractivity contribution in [2.24, 2.45) is 10.4 Å². The summed E-state index contributed by atoms with van der Waals surface area (Å²) in [6.07, 6.45) is 2.56. The Hall–Kier alpha value is -1.26. The molecule has 1 heterocycles. The van der Waals surface area contributed by atoms with Gasteiger partial charge in [-0.3, -0.25) is 9.79 Å². The van der Waals surface area contributed by atoms with Crippen molar-refractivity contribution in [3.8, 4) is 0 Å². The van der Waals surface area contributed by atoms with E-state index in [2.05, 4.69) is 49.8 Å². The number of carbonyl (C=O) groups is 1. The van der Waals surface area contributed by atoms with Crippen LogP contribution in [0.15, 0.2) is 4.99 Å². The number of piperazine rings is 1. The summed E-state index contributed by atoms with van der Waals surface area (Å²) < 4.78 is 0. The van der Waals surface area contributed by atoms with Crippen LogP contribution in [-0.2, 0) is 4.79 Å². The molecule has 0 aromatic rings. The van der Waals surface area contributed by atoms with Gasteiger partial charge < -0.3 is 15.1 Å². The second-order valence-electron chi connectivity index (χ2n) is 7.74. The number of aliphatic imine (C=N–C) groups is 1. The molecule has 21 heavy (non-hydrogen) atoms. The normalized spacial score (nSPS) is 24.5. The third-order valence-electron chi connectivity index (χ3n) is 4.63. The molecule has 0 unspecified atom stereocenters. The van der Waals surface area contributed by atoms with Gasteiger partial charge in [-0.25, -0.2) is 0 Å². The largest absolute Gasteiger partial charge is 0.356 e. The highest BCUT2D eigenvalue weighted by atomic mass is 16.2. The second-order valence-corrected chi connectivity index (χ2v) is 7.74. The Kier molecular flexibility index (Phi) is 4.22. The first-order valence-corrected chi connectivity index (χ1v) is 7.96. The van der Waals surface area contributed by atoms with Gasteiger partial charge in [0.05, 0.1) is 12.1 Å². The molecule has 1 saturated carbocycles. The first-order chi connectivity index (χ1) is 9.68. The van der Waals surface area contributed by atoms with Gasteiger partial charge >= 0.3 is 0 Å². The average molecular weight is 294 g/mol. The minimum atomic E-state index is -0.176. The van der Waals surface area contributed by atoms with Crippen molar-refractivity contribution in [2.45, 2.75) is 59.0 Å². The SMILES string of the molecule is CN=C(NCC1(C)CC1)N1CC(=O)N(C(C)C)C(C)(C)C1. The Balaban J connectivity index is 2.05. The lowest BCUT2D eigenvalue weighted by Crippen LogP contribution is -2.66. The summed E-state index contributed by atoms with van der Waals surface area (Å²) in [4.78, 5) is 21.0. The molecule has 1 aliphatic heterocycles. The first kappa shape index (κ1) is 16.1. The van der Waals surface area contributed by atoms with E-state index in [0.717, 1.165) is 19.0 Å². The molecule has 5 nitrogen and oxygen atoms in total. The van der Waals surface area contributed by atoms with E-state index in [9.17, 15) is 4.79 Å². The van der Waals surface area contributed by atoms with E-state index in [4.69, 9.17) is 0 Å². The third kappa shape index (κ3) is 3.50. The van der Waals surface area contributed by atoms with Gasteiger partial charge in [0.1, 0.15) is 0 Å². The molecule has 1 N–H and O–H groups in total. The molecule has 0 bridgehead atoms. The molecule has 0 atom stereocenters. The minimum Gasteiger partial charge on any atom is -0.356 e. The minimum absolute atomic E-state index is 0.176. The number of nitrogens with one attached hydrogen (secondary N) is 1. The predicted octanol–water partition coefficient (Wildman–Crippen LogP) is 1.69. The van der Waals surface area contributed by atoms with Crippen molar-refractivity contribution < 1.29 is 4.79 Å². The van der Waals surface area contributed by atoms with Crippen molar-refractivity contribution in [1.29, 1.82) is 0 Å². The number of hydrogen-bond acceptors (Lipinski definition) is 2. The van der Waals surface area contributed by atoms with Crippen LogP contribution in [-0.4, -0.2) is 59.9 Å². The zero-order chi connectivity index (χ0) is 15.8. The molecule has 0 aromatic heterocycles. The lowest BCUT2D eigenvalue weighted by molar-refractivity contribution is -0.145. The van der Waals surface area contributed by atoms with Crippen molar-refractivity contribution in [1.82, 2.24) is 15.1 Å². The average Bonchev–Trinajstić information content (AvgIpc) is 3.05. The fourth-order valence-electron chi connectivity index (χ4n) is 3.33. The Morgan fingerprint density at radius 2 is 1.95 bits per heavy atom. The summed E-state index contributed by atoms with van der Waals surface area (Å²) in [5.41, 5.74) is 0.250. The monoisotopic (exact) mass is 294 g/mol. The van der Waals surface area contributed by atoms with Gasteiger partial charge in [-0.2, -0.15) is 0 Å². The fourth-order valence-corrected chi connectivity index (χ4v) is 3.33. The van der Waals surface area contributed by atoms with Gasteiger partial charge in [0.25, 0.3) is 0 Å². The molecule has 1 saturated heterocycles. The Labute approximate surface area is 128 Å². The number of rotatable bonds is 3. The Bertz CT molecular complexity index is 438. The van der Waals surface area contributed by atoms with Crippen LogP contribution in [0.4, 0.5) is 0 Å². The molecule has 0 aromatic carbocycles. The smallest absolute Gasteiger partial charge is 0.242 e. The van der Waals surface area contributed by atoms with E-state index in [1.165, 1.54) is 12.8 Å². The van der Waals surface area contributed by atoms with Crippen molar-refractivity contribution >= 4 is 11.9 Å². The maximum Gasteiger partial charge on any atom is 0.242 e. The van der Waals surface area contributed by atoms with Gasteiger partial charge in [0, 0.05) is 26.2 Å². The number of nitrogens with zero attached hydrogens (tertiary/aromatic N) is 3. The third-order valence-corrected chi connectivity index (χ3v) is 4.63. The standard InChI is InChI=1S/C16H30N4O/c1-12(2)20-13(21)9-19(11-15(20,3)4)14(17-6)18-10-16(5)7-8-16/h12H,7-11H2,1-6H3,(H,17,18). The number of hydrogen-bond donors (Lipinski definition) is 1. The summed E-state index contributed by atoms with van der Waals surface area (Å²) in [7, 11) is 1.80. The van der Waals surface area contributed by atoms with Gasteiger partial charge in [0.15, 0.2) is 5.96 Å². The summed E-state index contributed by atoms with van der Waals surface area (Å²) in [6.45, 7) is 12.9. The van der Waals surface area contributed by atoms with E-state index in [1.807, 2.05) is 4.90 Å². The zero-order valence-corrected chi connectivity index (χ0v) is 14.4. The van der Waals surface area contributed by atoms with E-state index in [1.54, 1.807) is 7.05 Å². The van der Waals surface area contributed by atoms with Gasteiger partial charge in [0.2, 0.25) is 5.91 Å². The van der Waals surface area contributed by atoms with Crippen LogP contribution in [0.2, 0.25) is 0 Å². The second kappa shape index (κ2) is 5.50. The zero-order valence-electron chi connectivity index (χ0n) is 14.4. The van der Waals surface area contributed by atoms with Crippen LogP contribution >= 0.6 is 0 Å². The van der Waals surface area contributed by atoms with Crippen molar-refractivity contribution in [3.05, 3.63) is 0 Å². The van der Waals surface area contributed by atoms with Crippen LogP contribution in [0.25, 0.3) is 0 Å². The quantitative estimate of drug-likeness (QED) is 0.636. The van der Waals surface area contributed by atoms with Crippen LogP contribution in [0.5, 0.6) is 0 Å². The summed E-state index contributed by atoms with van der Waals surface area (Å²) in [5, 5.41) is 3.45. The molecule has 120 valence electrons.